The van der Waals surface area contributed by atoms with Crippen molar-refractivity contribution < 1.29 is 104 Å². The molecule has 0 saturated carbocycles. The number of ether oxygens (including phenoxy) is 7. The Morgan fingerprint density at radius 1 is 0.405 bits per heavy atom. The number of aliphatic carboxylic acids is 1. The lowest BCUT2D eigenvalue weighted by atomic mass is 9.99. The van der Waals surface area contributed by atoms with Crippen LogP contribution >= 0.6 is 11.6 Å². The first kappa shape index (κ1) is 59.8. The van der Waals surface area contributed by atoms with Gasteiger partial charge in [-0.1, -0.05) is 90.5 Å². The molecule has 0 aromatic heterocycles. The highest BCUT2D eigenvalue weighted by molar-refractivity contribution is 6.36. The highest BCUT2D eigenvalue weighted by Crippen LogP contribution is 2.43. The monoisotopic (exact) mass is 1170 g/mol. The number of alkyl halides is 2. The van der Waals surface area contributed by atoms with Crippen molar-refractivity contribution in [3.63, 3.8) is 0 Å². The van der Waals surface area contributed by atoms with Gasteiger partial charge in [0.15, 0.2) is 5.78 Å². The minimum atomic E-state index is -2.59. The summed E-state index contributed by atoms with van der Waals surface area (Å²) in [6.45, 7) is 4.80. The van der Waals surface area contributed by atoms with Gasteiger partial charge in [-0.05, 0) is 91.0 Å². The second kappa shape index (κ2) is 23.3. The third-order valence-corrected chi connectivity index (χ3v) is 13.5. The standard InChI is InChI=1S/C16H11FO4.C15H9FO5.C10H7ClO3.C10H7FO3.C10H8O4/c1-10(18)16(20-12-8-6-11(17)7-9-12)14-5-3-2-4-13(14)15(19)21-16;16-9-5-7-10(8-6-9)20-15(14(18)19)12-4-2-1-3-11(12)13(17)21-15;2*1-6(12)10(11)8-5-3-2-4-7(8)9(13)14-10;1-6(11)10(13)8-5-3-2-4-7(8)9(12)14-10/h2-9H,1H3;1-8H,(H,18,19);2*2-5H,1H3;2-5,13H,1H3. The summed E-state index contributed by atoms with van der Waals surface area (Å²) >= 11 is 5.94. The molecule has 0 saturated heterocycles. The Hall–Kier alpha value is -10.3. The third kappa shape index (κ3) is 11.1. The molecule has 5 heterocycles. The summed E-state index contributed by atoms with van der Waals surface area (Å²) in [4.78, 5) is 115. The zero-order valence-electron chi connectivity index (χ0n) is 44.0. The molecule has 23 heteroatoms. The Labute approximate surface area is 478 Å². The normalized spacial score (nSPS) is 22.0. The Bertz CT molecular complexity index is 3550. The maximum absolute atomic E-state index is 13.9. The van der Waals surface area contributed by atoms with Gasteiger partial charge in [-0.15, -0.1) is 0 Å². The molecule has 0 amide bonds. The fourth-order valence-electron chi connectivity index (χ4n) is 8.75. The molecule has 5 aliphatic rings. The predicted molar refractivity (Wildman–Crippen MR) is 281 cm³/mol. The van der Waals surface area contributed by atoms with E-state index in [9.17, 15) is 71.3 Å². The molecule has 5 atom stereocenters. The van der Waals surface area contributed by atoms with Crippen LogP contribution in [0.4, 0.5) is 13.2 Å². The van der Waals surface area contributed by atoms with Crippen molar-refractivity contribution in [1.29, 1.82) is 0 Å². The van der Waals surface area contributed by atoms with Crippen LogP contribution in [0.15, 0.2) is 170 Å². The van der Waals surface area contributed by atoms with Crippen LogP contribution < -0.4 is 9.47 Å². The number of aliphatic hydroxyl groups is 1. The lowest BCUT2D eigenvalue weighted by molar-refractivity contribution is -0.194. The summed E-state index contributed by atoms with van der Waals surface area (Å²) < 4.78 is 74.8. The van der Waals surface area contributed by atoms with Crippen molar-refractivity contribution in [3.8, 4) is 11.5 Å². The number of carboxylic acid groups (broad SMARTS) is 1. The van der Waals surface area contributed by atoms with Gasteiger partial charge >= 0.3 is 53.2 Å². The Balaban J connectivity index is 0.000000139. The van der Waals surface area contributed by atoms with Crippen LogP contribution in [0, 0.1) is 11.6 Å². The van der Waals surface area contributed by atoms with Crippen LogP contribution in [0.25, 0.3) is 0 Å². The summed E-state index contributed by atoms with van der Waals surface area (Å²) in [6.07, 6.45) is 0. The molecule has 7 aromatic carbocycles. The predicted octanol–water partition coefficient (Wildman–Crippen LogP) is 9.13. The van der Waals surface area contributed by atoms with E-state index in [-0.39, 0.29) is 50.4 Å². The summed E-state index contributed by atoms with van der Waals surface area (Å²) in [5, 5.41) is 17.6. The molecule has 0 aliphatic carbocycles. The van der Waals surface area contributed by atoms with E-state index in [1.807, 2.05) is 0 Å². The summed E-state index contributed by atoms with van der Waals surface area (Å²) in [5.74, 6) is -16.5. The molecule has 0 spiro atoms. The fourth-order valence-corrected chi connectivity index (χ4v) is 8.98. The van der Waals surface area contributed by atoms with Gasteiger partial charge in [0.25, 0.3) is 10.8 Å². The van der Waals surface area contributed by atoms with Gasteiger partial charge in [-0.25, -0.2) is 37.5 Å². The molecule has 0 radical (unpaired) electrons. The van der Waals surface area contributed by atoms with Crippen LogP contribution in [0.3, 0.4) is 0 Å². The van der Waals surface area contributed by atoms with E-state index in [0.29, 0.717) is 16.7 Å². The van der Waals surface area contributed by atoms with Gasteiger partial charge in [0.2, 0.25) is 17.3 Å². The number of ketones is 4. The number of carbonyl (C=O) groups excluding carboxylic acids is 9. The zero-order chi connectivity index (χ0) is 61.1. The average molecular weight is 1170 g/mol. The van der Waals surface area contributed by atoms with Gasteiger partial charge in [0.05, 0.1) is 44.5 Å². The highest BCUT2D eigenvalue weighted by atomic mass is 35.5. The van der Waals surface area contributed by atoms with E-state index < -0.39 is 98.9 Å². The molecule has 2 N–H and O–H groups in total. The number of benzene rings is 7. The van der Waals surface area contributed by atoms with Crippen LogP contribution in [0.2, 0.25) is 0 Å². The van der Waals surface area contributed by atoms with Crippen molar-refractivity contribution in [2.75, 3.05) is 0 Å². The van der Waals surface area contributed by atoms with Gasteiger partial charge in [0, 0.05) is 38.8 Å². The number of fused-ring (bicyclic) bond motifs is 5. The zero-order valence-corrected chi connectivity index (χ0v) is 44.8. The van der Waals surface area contributed by atoms with Gasteiger partial charge < -0.3 is 43.4 Å². The highest BCUT2D eigenvalue weighted by Gasteiger charge is 2.56. The number of cyclic esters (lactones) is 5. The molecule has 7 aromatic rings. The molecule has 428 valence electrons. The largest absolute Gasteiger partial charge is 0.475 e. The van der Waals surface area contributed by atoms with Crippen molar-refractivity contribution in [1.82, 2.24) is 0 Å². The molecule has 12 rings (SSSR count). The van der Waals surface area contributed by atoms with Gasteiger partial charge in [-0.3, -0.25) is 19.2 Å². The van der Waals surface area contributed by atoms with E-state index in [4.69, 9.17) is 35.3 Å². The van der Waals surface area contributed by atoms with Crippen LogP contribution in [-0.4, -0.2) is 69.2 Å². The van der Waals surface area contributed by atoms with Gasteiger partial charge in [0.1, 0.15) is 23.1 Å². The van der Waals surface area contributed by atoms with E-state index >= 15 is 0 Å². The first-order valence-electron chi connectivity index (χ1n) is 24.6. The lowest BCUT2D eigenvalue weighted by Gasteiger charge is -2.26. The quantitative estimate of drug-likeness (QED) is 0.0774. The van der Waals surface area contributed by atoms with E-state index in [0.717, 1.165) is 19.1 Å². The number of rotatable bonds is 9. The number of esters is 5. The van der Waals surface area contributed by atoms with Crippen molar-refractivity contribution in [2.45, 2.75) is 56.0 Å². The van der Waals surface area contributed by atoms with Gasteiger partial charge in [-0.2, -0.15) is 4.39 Å². The molecule has 5 aliphatic heterocycles. The Morgan fingerprint density at radius 3 is 1.17 bits per heavy atom. The summed E-state index contributed by atoms with van der Waals surface area (Å²) in [6, 6.07) is 41.3. The second-order valence-corrected chi connectivity index (χ2v) is 18.9. The molecular formula is C61H42ClF3O19. The average Bonchev–Trinajstić information content (AvgIpc) is 2.77. The number of carbonyl (C=O) groups is 10. The molecule has 19 nitrogen and oxygen atoms in total. The second-order valence-electron chi connectivity index (χ2n) is 18.4. The van der Waals surface area contributed by atoms with E-state index in [1.54, 1.807) is 84.9 Å². The van der Waals surface area contributed by atoms with Crippen molar-refractivity contribution in [3.05, 3.63) is 237 Å². The summed E-state index contributed by atoms with van der Waals surface area (Å²) in [5.41, 5.74) is 2.23. The Kier molecular flexibility index (Phi) is 16.6. The van der Waals surface area contributed by atoms with Crippen LogP contribution in [-0.2, 0) is 75.9 Å². The smallest absolute Gasteiger partial charge is 0.395 e. The summed E-state index contributed by atoms with van der Waals surface area (Å²) in [7, 11) is 0. The third-order valence-electron chi connectivity index (χ3n) is 13.0. The number of carboxylic acids is 1. The molecular weight excluding hydrogens is 1130 g/mol. The number of halogens is 4. The molecule has 5 unspecified atom stereocenters. The number of hydrogen-bond acceptors (Lipinski definition) is 18. The minimum Gasteiger partial charge on any atom is -0.475 e. The first-order valence-corrected chi connectivity index (χ1v) is 25.0. The lowest BCUT2D eigenvalue weighted by Crippen LogP contribution is -2.42. The molecule has 0 bridgehead atoms. The topological polar surface area (TPSA) is 276 Å². The molecule has 84 heavy (non-hydrogen) atoms. The molecule has 0 fully saturated rings. The van der Waals surface area contributed by atoms with E-state index in [1.165, 1.54) is 93.6 Å². The van der Waals surface area contributed by atoms with Crippen LogP contribution in [0.5, 0.6) is 11.5 Å². The number of hydrogen-bond donors (Lipinski definition) is 2. The first-order chi connectivity index (χ1) is 39.7. The minimum absolute atomic E-state index is 0.00231. The van der Waals surface area contributed by atoms with Crippen molar-refractivity contribution >= 4 is 70.5 Å². The maximum atomic E-state index is 13.9. The van der Waals surface area contributed by atoms with Crippen molar-refractivity contribution in [2.24, 2.45) is 0 Å². The van der Waals surface area contributed by atoms with E-state index in [2.05, 4.69) is 9.47 Å². The van der Waals surface area contributed by atoms with Crippen LogP contribution in [0.1, 0.15) is 107 Å². The number of Topliss-reactive ketones (excluding diaryl/α,β-unsaturated/α-hetero) is 4. The maximum Gasteiger partial charge on any atom is 0.395 e. The fraction of sp³-hybridized carbons (Fsp3) is 0.148. The Morgan fingerprint density at radius 2 is 0.738 bits per heavy atom. The SMILES string of the molecule is CC(=O)C1(Cl)OC(=O)c2ccccc21.CC(=O)C1(F)OC(=O)c2ccccc21.CC(=O)C1(O)OC(=O)c2ccccc21.CC(=O)C1(Oc2ccc(F)cc2)OC(=O)c2ccccc21.O=C1OC(Oc2ccc(F)cc2)(C(=O)O)c2ccccc21.